The van der Waals surface area contributed by atoms with Crippen LogP contribution in [0, 0.1) is 0 Å². The van der Waals surface area contributed by atoms with E-state index in [0.29, 0.717) is 0 Å². The van der Waals surface area contributed by atoms with Crippen LogP contribution in [-0.2, 0) is 6.42 Å². The highest BCUT2D eigenvalue weighted by Crippen LogP contribution is 2.45. The van der Waals surface area contributed by atoms with Gasteiger partial charge in [0.25, 0.3) is 0 Å². The second-order valence-electron chi connectivity index (χ2n) is 5.29. The van der Waals surface area contributed by atoms with Crippen molar-refractivity contribution in [3.05, 3.63) is 35.4 Å². The fraction of sp³-hybridized carbons (Fsp3) is 0.571. The topological polar surface area (TPSA) is 23.5 Å². The maximum atomic E-state index is 10.8. The fourth-order valence-corrected chi connectivity index (χ4v) is 3.48. The van der Waals surface area contributed by atoms with E-state index in [1.165, 1.54) is 11.1 Å². The van der Waals surface area contributed by atoms with Gasteiger partial charge in [0, 0.05) is 0 Å². The second-order valence-corrected chi connectivity index (χ2v) is 5.29. The first-order chi connectivity index (χ1) is 7.71. The molecule has 1 aliphatic carbocycles. The van der Waals surface area contributed by atoms with E-state index in [4.69, 9.17) is 0 Å². The van der Waals surface area contributed by atoms with E-state index in [-0.39, 0.29) is 6.04 Å². The predicted octanol–water partition coefficient (Wildman–Crippen LogP) is 2.13. The van der Waals surface area contributed by atoms with Gasteiger partial charge in [-0.25, -0.2) is 0 Å². The Morgan fingerprint density at radius 1 is 1.31 bits per heavy atom. The third-order valence-corrected chi connectivity index (χ3v) is 4.25. The van der Waals surface area contributed by atoms with Crippen LogP contribution in [0.3, 0.4) is 0 Å². The van der Waals surface area contributed by atoms with E-state index in [9.17, 15) is 5.11 Å². The standard InChI is InChI=1S/C14H19NO/c1-15-10-4-8-14(16)9-7-11-5-2-3-6-12(11)13(14)15/h2-3,5-6,13,16H,4,7-10H2,1H3/t13-,14+/m1/s1. The Morgan fingerprint density at radius 3 is 3.00 bits per heavy atom. The number of benzene rings is 1. The highest BCUT2D eigenvalue weighted by Gasteiger charge is 2.45. The van der Waals surface area contributed by atoms with E-state index < -0.39 is 5.60 Å². The van der Waals surface area contributed by atoms with Crippen LogP contribution in [-0.4, -0.2) is 29.2 Å². The van der Waals surface area contributed by atoms with Gasteiger partial charge in [0.15, 0.2) is 0 Å². The molecule has 0 bridgehead atoms. The molecular weight excluding hydrogens is 198 g/mol. The quantitative estimate of drug-likeness (QED) is 0.719. The van der Waals surface area contributed by atoms with Crippen LogP contribution in [0.2, 0.25) is 0 Å². The maximum absolute atomic E-state index is 10.8. The molecule has 1 aliphatic heterocycles. The highest BCUT2D eigenvalue weighted by atomic mass is 16.3. The Balaban J connectivity index is 2.08. The highest BCUT2D eigenvalue weighted by molar-refractivity contribution is 5.35. The molecule has 1 heterocycles. The number of likely N-dealkylation sites (tertiary alicyclic amines) is 1. The molecule has 0 amide bonds. The Hall–Kier alpha value is -0.860. The summed E-state index contributed by atoms with van der Waals surface area (Å²) in [4.78, 5) is 2.32. The van der Waals surface area contributed by atoms with E-state index in [0.717, 1.165) is 32.2 Å². The van der Waals surface area contributed by atoms with Crippen molar-refractivity contribution in [3.8, 4) is 0 Å². The molecule has 86 valence electrons. The Labute approximate surface area is 96.9 Å². The number of hydrogen-bond donors (Lipinski definition) is 1. The largest absolute Gasteiger partial charge is 0.388 e. The molecule has 1 saturated heterocycles. The zero-order chi connectivity index (χ0) is 11.2. The number of fused-ring (bicyclic) bond motifs is 3. The van der Waals surface area contributed by atoms with Crippen molar-refractivity contribution >= 4 is 0 Å². The van der Waals surface area contributed by atoms with Crippen LogP contribution in [0.4, 0.5) is 0 Å². The molecule has 1 aromatic carbocycles. The Morgan fingerprint density at radius 2 is 2.12 bits per heavy atom. The van der Waals surface area contributed by atoms with Crippen LogP contribution in [0.15, 0.2) is 24.3 Å². The van der Waals surface area contributed by atoms with E-state index in [2.05, 4.69) is 36.2 Å². The molecule has 2 nitrogen and oxygen atoms in total. The van der Waals surface area contributed by atoms with Crippen molar-refractivity contribution in [1.82, 2.24) is 4.90 Å². The third kappa shape index (κ3) is 1.40. The smallest absolute Gasteiger partial charge is 0.0847 e. The van der Waals surface area contributed by atoms with Crippen molar-refractivity contribution in [3.63, 3.8) is 0 Å². The van der Waals surface area contributed by atoms with Gasteiger partial charge < -0.3 is 5.11 Å². The van der Waals surface area contributed by atoms with E-state index in [1.54, 1.807) is 0 Å². The average molecular weight is 217 g/mol. The monoisotopic (exact) mass is 217 g/mol. The lowest BCUT2D eigenvalue weighted by molar-refractivity contribution is -0.0856. The summed E-state index contributed by atoms with van der Waals surface area (Å²) in [5.41, 5.74) is 2.28. The van der Waals surface area contributed by atoms with Gasteiger partial charge in [0.2, 0.25) is 0 Å². The van der Waals surface area contributed by atoms with Crippen molar-refractivity contribution < 1.29 is 5.11 Å². The van der Waals surface area contributed by atoms with Gasteiger partial charge in [-0.1, -0.05) is 24.3 Å². The molecule has 2 heteroatoms. The lowest BCUT2D eigenvalue weighted by Crippen LogP contribution is -2.51. The molecule has 2 atom stereocenters. The number of aliphatic hydroxyl groups is 1. The summed E-state index contributed by atoms with van der Waals surface area (Å²) in [7, 11) is 2.14. The first-order valence-corrected chi connectivity index (χ1v) is 6.21. The number of piperidine rings is 1. The van der Waals surface area contributed by atoms with Gasteiger partial charge in [0.1, 0.15) is 0 Å². The number of aryl methyl sites for hydroxylation is 1. The zero-order valence-corrected chi connectivity index (χ0v) is 9.82. The van der Waals surface area contributed by atoms with E-state index in [1.807, 2.05) is 0 Å². The Bertz CT molecular complexity index is 403. The van der Waals surface area contributed by atoms with Gasteiger partial charge in [-0.15, -0.1) is 0 Å². The minimum Gasteiger partial charge on any atom is -0.388 e. The zero-order valence-electron chi connectivity index (χ0n) is 9.82. The molecule has 1 N–H and O–H groups in total. The van der Waals surface area contributed by atoms with Crippen LogP contribution >= 0.6 is 0 Å². The summed E-state index contributed by atoms with van der Waals surface area (Å²) in [6.45, 7) is 1.10. The summed E-state index contributed by atoms with van der Waals surface area (Å²) in [5, 5.41) is 10.8. The van der Waals surface area contributed by atoms with Crippen molar-refractivity contribution in [2.45, 2.75) is 37.3 Å². The lowest BCUT2D eigenvalue weighted by atomic mass is 9.71. The van der Waals surface area contributed by atoms with Gasteiger partial charge in [0.05, 0.1) is 11.6 Å². The Kier molecular flexibility index (Phi) is 2.30. The molecule has 1 aromatic rings. The third-order valence-electron chi connectivity index (χ3n) is 4.25. The molecule has 0 aromatic heterocycles. The molecule has 2 aliphatic rings. The normalized spacial score (nSPS) is 34.2. The van der Waals surface area contributed by atoms with Crippen LogP contribution in [0.5, 0.6) is 0 Å². The lowest BCUT2D eigenvalue weighted by Gasteiger charge is -2.49. The fourth-order valence-electron chi connectivity index (χ4n) is 3.48. The molecule has 1 fully saturated rings. The molecular formula is C14H19NO. The summed E-state index contributed by atoms with van der Waals surface area (Å²) in [6, 6.07) is 8.80. The minimum atomic E-state index is -0.485. The maximum Gasteiger partial charge on any atom is 0.0847 e. The number of rotatable bonds is 0. The molecule has 3 rings (SSSR count). The molecule has 0 unspecified atom stereocenters. The molecule has 0 radical (unpaired) electrons. The van der Waals surface area contributed by atoms with Gasteiger partial charge >= 0.3 is 0 Å². The van der Waals surface area contributed by atoms with Crippen LogP contribution in [0.25, 0.3) is 0 Å². The van der Waals surface area contributed by atoms with Crippen LogP contribution in [0.1, 0.15) is 36.4 Å². The molecule has 0 saturated carbocycles. The number of likely N-dealkylation sites (N-methyl/N-ethyl adjacent to an activating group) is 1. The van der Waals surface area contributed by atoms with Gasteiger partial charge in [-0.3, -0.25) is 4.90 Å². The van der Waals surface area contributed by atoms with E-state index >= 15 is 0 Å². The van der Waals surface area contributed by atoms with Gasteiger partial charge in [-0.05, 0) is 50.4 Å². The number of hydrogen-bond acceptors (Lipinski definition) is 2. The molecule has 0 spiro atoms. The summed E-state index contributed by atoms with van der Waals surface area (Å²) in [6.07, 6.45) is 4.01. The van der Waals surface area contributed by atoms with Crippen molar-refractivity contribution in [2.75, 3.05) is 13.6 Å². The van der Waals surface area contributed by atoms with Gasteiger partial charge in [-0.2, -0.15) is 0 Å². The van der Waals surface area contributed by atoms with Crippen LogP contribution < -0.4 is 0 Å². The first kappa shape index (κ1) is 10.3. The summed E-state index contributed by atoms with van der Waals surface area (Å²) >= 11 is 0. The average Bonchev–Trinajstić information content (AvgIpc) is 2.28. The first-order valence-electron chi connectivity index (χ1n) is 6.21. The SMILES string of the molecule is CN1CCC[C@]2(O)CCc3ccccc3[C@@H]12. The number of nitrogens with zero attached hydrogens (tertiary/aromatic N) is 1. The molecule has 16 heavy (non-hydrogen) atoms. The minimum absolute atomic E-state index is 0.214. The summed E-state index contributed by atoms with van der Waals surface area (Å²) in [5.74, 6) is 0. The second kappa shape index (κ2) is 3.57. The predicted molar refractivity (Wildman–Crippen MR) is 64.3 cm³/mol. The van der Waals surface area contributed by atoms with Crippen molar-refractivity contribution in [1.29, 1.82) is 0 Å². The summed E-state index contributed by atoms with van der Waals surface area (Å²) < 4.78 is 0. The van der Waals surface area contributed by atoms with Crippen molar-refractivity contribution in [2.24, 2.45) is 0 Å².